The zero-order chi connectivity index (χ0) is 19.7. The van der Waals surface area contributed by atoms with Crippen LogP contribution in [0.5, 0.6) is 0 Å². The normalized spacial score (nSPS) is 11.9. The highest BCUT2D eigenvalue weighted by molar-refractivity contribution is 6.30. The second-order valence-electron chi connectivity index (χ2n) is 5.69. The number of fused-ring (bicyclic) bond motifs is 1. The number of rotatable bonds is 5. The van der Waals surface area contributed by atoms with Gasteiger partial charge < -0.3 is 9.84 Å². The van der Waals surface area contributed by atoms with E-state index in [1.807, 2.05) is 0 Å². The van der Waals surface area contributed by atoms with Crippen LogP contribution in [0.3, 0.4) is 0 Å². The molecule has 4 aromatic rings. The van der Waals surface area contributed by atoms with Crippen molar-refractivity contribution < 1.29 is 17.7 Å². The fourth-order valence-corrected chi connectivity index (χ4v) is 2.58. The summed E-state index contributed by atoms with van der Waals surface area (Å²) in [4.78, 5) is 11.4. The molecule has 3 aromatic heterocycles. The predicted octanol–water partition coefficient (Wildman–Crippen LogP) is 3.50. The Hall–Kier alpha value is -3.21. The maximum absolute atomic E-state index is 13.0. The first kappa shape index (κ1) is 18.2. The number of anilines is 1. The molecule has 1 aromatic carbocycles. The van der Waals surface area contributed by atoms with Gasteiger partial charge in [-0.15, -0.1) is 0 Å². The van der Waals surface area contributed by atoms with Gasteiger partial charge in [0.2, 0.25) is 11.7 Å². The fourth-order valence-electron chi connectivity index (χ4n) is 2.45. The van der Waals surface area contributed by atoms with Gasteiger partial charge in [-0.1, -0.05) is 16.8 Å². The minimum Gasteiger partial charge on any atom is -0.369 e. The number of hydrogen-bond acceptors (Lipinski definition) is 7. The summed E-state index contributed by atoms with van der Waals surface area (Å²) in [6, 6.07) is 7.80. The molecule has 1 N–H and O–H groups in total. The summed E-state index contributed by atoms with van der Waals surface area (Å²) >= 11 is 5.84. The summed E-state index contributed by atoms with van der Waals surface area (Å²) in [5, 5.41) is 11.2. The molecular formula is C16H11ClF3N7O. The van der Waals surface area contributed by atoms with Crippen LogP contribution in [0.4, 0.5) is 19.0 Å². The Bertz CT molecular complexity index is 1110. The largest absolute Gasteiger partial charge is 0.433 e. The number of halogens is 4. The number of alkyl halides is 3. The Morgan fingerprint density at radius 1 is 1.14 bits per heavy atom. The molecule has 12 heteroatoms. The van der Waals surface area contributed by atoms with Crippen LogP contribution in [0.15, 0.2) is 41.2 Å². The van der Waals surface area contributed by atoms with Gasteiger partial charge in [-0.25, -0.2) is 4.98 Å². The molecule has 0 aliphatic rings. The van der Waals surface area contributed by atoms with Crippen LogP contribution in [0.2, 0.25) is 5.02 Å². The van der Waals surface area contributed by atoms with Gasteiger partial charge in [0.05, 0.1) is 0 Å². The molecule has 144 valence electrons. The first-order chi connectivity index (χ1) is 13.4. The summed E-state index contributed by atoms with van der Waals surface area (Å²) in [6.07, 6.45) is -3.17. The molecule has 28 heavy (non-hydrogen) atoms. The van der Waals surface area contributed by atoms with Gasteiger partial charge >= 0.3 is 6.18 Å². The SMILES string of the molecule is FC(F)(F)c1cc(NCCc2nc(-c3ccc(Cl)cc3)no2)n2ncnc2n1. The van der Waals surface area contributed by atoms with Crippen LogP contribution in [-0.2, 0) is 12.6 Å². The van der Waals surface area contributed by atoms with Crippen molar-refractivity contribution in [2.24, 2.45) is 0 Å². The van der Waals surface area contributed by atoms with Crippen LogP contribution >= 0.6 is 11.6 Å². The standard InChI is InChI=1S/C16H11ClF3N7O/c17-10-3-1-9(2-4-10)14-25-13(28-26-14)5-6-21-12-7-11(16(18,19)20)24-15-22-8-23-27(12)15/h1-4,7-8,21H,5-6H2. The van der Waals surface area contributed by atoms with Gasteiger partial charge in [0.15, 0.2) is 5.69 Å². The number of benzene rings is 1. The Morgan fingerprint density at radius 3 is 2.68 bits per heavy atom. The predicted molar refractivity (Wildman–Crippen MR) is 92.7 cm³/mol. The van der Waals surface area contributed by atoms with Crippen LogP contribution in [0, 0.1) is 0 Å². The smallest absolute Gasteiger partial charge is 0.369 e. The second kappa shape index (κ2) is 7.08. The highest BCUT2D eigenvalue weighted by Gasteiger charge is 2.34. The van der Waals surface area contributed by atoms with Crippen LogP contribution < -0.4 is 5.32 Å². The third kappa shape index (κ3) is 3.74. The van der Waals surface area contributed by atoms with Crippen molar-refractivity contribution in [3.05, 3.63) is 53.3 Å². The zero-order valence-electron chi connectivity index (χ0n) is 14.0. The Labute approximate surface area is 160 Å². The third-order valence-corrected chi connectivity index (χ3v) is 4.01. The van der Waals surface area contributed by atoms with E-state index in [0.717, 1.165) is 18.0 Å². The molecule has 0 amide bonds. The van der Waals surface area contributed by atoms with Crippen molar-refractivity contribution in [1.29, 1.82) is 0 Å². The van der Waals surface area contributed by atoms with E-state index in [1.165, 1.54) is 4.52 Å². The van der Waals surface area contributed by atoms with E-state index in [0.29, 0.717) is 23.2 Å². The zero-order valence-corrected chi connectivity index (χ0v) is 14.7. The number of aromatic nitrogens is 6. The van der Waals surface area contributed by atoms with Crippen molar-refractivity contribution in [2.45, 2.75) is 12.6 Å². The molecule has 3 heterocycles. The van der Waals surface area contributed by atoms with Gasteiger partial charge in [-0.05, 0) is 24.3 Å². The van der Waals surface area contributed by atoms with Crippen molar-refractivity contribution in [3.63, 3.8) is 0 Å². The fraction of sp³-hybridized carbons (Fsp3) is 0.188. The van der Waals surface area contributed by atoms with Crippen LogP contribution in [-0.4, -0.2) is 36.3 Å². The molecule has 0 radical (unpaired) electrons. The lowest BCUT2D eigenvalue weighted by Gasteiger charge is -2.10. The molecule has 0 saturated heterocycles. The van der Waals surface area contributed by atoms with E-state index in [1.54, 1.807) is 24.3 Å². The first-order valence-corrected chi connectivity index (χ1v) is 8.38. The number of hydrogen-bond donors (Lipinski definition) is 1. The summed E-state index contributed by atoms with van der Waals surface area (Å²) in [5.74, 6) is 0.679. The van der Waals surface area contributed by atoms with E-state index in [2.05, 4.69) is 30.5 Å². The minimum absolute atomic E-state index is 0.104. The molecule has 0 saturated carbocycles. The summed E-state index contributed by atoms with van der Waals surface area (Å²) in [5.41, 5.74) is -0.320. The molecule has 8 nitrogen and oxygen atoms in total. The van der Waals surface area contributed by atoms with E-state index in [-0.39, 0.29) is 18.1 Å². The van der Waals surface area contributed by atoms with E-state index in [9.17, 15) is 13.2 Å². The Balaban J connectivity index is 1.47. The van der Waals surface area contributed by atoms with Crippen molar-refractivity contribution in [1.82, 2.24) is 29.7 Å². The molecule has 0 fully saturated rings. The van der Waals surface area contributed by atoms with Crippen molar-refractivity contribution in [3.8, 4) is 11.4 Å². The van der Waals surface area contributed by atoms with Gasteiger partial charge in [0, 0.05) is 29.6 Å². The Morgan fingerprint density at radius 2 is 1.93 bits per heavy atom. The molecule has 4 rings (SSSR count). The highest BCUT2D eigenvalue weighted by Crippen LogP contribution is 2.29. The summed E-state index contributed by atoms with van der Waals surface area (Å²) in [7, 11) is 0. The van der Waals surface area contributed by atoms with Crippen LogP contribution in [0.1, 0.15) is 11.6 Å². The first-order valence-electron chi connectivity index (χ1n) is 8.00. The summed E-state index contributed by atoms with van der Waals surface area (Å²) in [6.45, 7) is 0.235. The van der Waals surface area contributed by atoms with E-state index < -0.39 is 11.9 Å². The molecule has 0 bridgehead atoms. The number of nitrogens with zero attached hydrogens (tertiary/aromatic N) is 6. The minimum atomic E-state index is -4.59. The molecule has 0 aliphatic heterocycles. The lowest BCUT2D eigenvalue weighted by Crippen LogP contribution is -2.14. The van der Waals surface area contributed by atoms with Gasteiger partial charge in [-0.2, -0.15) is 32.8 Å². The average molecular weight is 410 g/mol. The maximum Gasteiger partial charge on any atom is 0.433 e. The van der Waals surface area contributed by atoms with Gasteiger partial charge in [0.25, 0.3) is 5.78 Å². The third-order valence-electron chi connectivity index (χ3n) is 3.76. The van der Waals surface area contributed by atoms with E-state index in [4.69, 9.17) is 16.1 Å². The lowest BCUT2D eigenvalue weighted by atomic mass is 10.2. The quantitative estimate of drug-likeness (QED) is 0.539. The van der Waals surface area contributed by atoms with Gasteiger partial charge in [0.1, 0.15) is 12.1 Å². The van der Waals surface area contributed by atoms with Crippen molar-refractivity contribution in [2.75, 3.05) is 11.9 Å². The monoisotopic (exact) mass is 409 g/mol. The molecular weight excluding hydrogens is 399 g/mol. The topological polar surface area (TPSA) is 94.0 Å². The van der Waals surface area contributed by atoms with Crippen molar-refractivity contribution >= 4 is 23.2 Å². The second-order valence-corrected chi connectivity index (χ2v) is 6.13. The Kier molecular flexibility index (Phi) is 4.59. The molecule has 0 unspecified atom stereocenters. The maximum atomic E-state index is 13.0. The molecule has 0 spiro atoms. The lowest BCUT2D eigenvalue weighted by molar-refractivity contribution is -0.141. The average Bonchev–Trinajstić information content (AvgIpc) is 3.31. The molecule has 0 aliphatic carbocycles. The van der Waals surface area contributed by atoms with E-state index >= 15 is 0 Å². The molecule has 0 atom stereocenters. The highest BCUT2D eigenvalue weighted by atomic mass is 35.5. The van der Waals surface area contributed by atoms with Gasteiger partial charge in [-0.3, -0.25) is 0 Å². The summed E-state index contributed by atoms with van der Waals surface area (Å²) < 4.78 is 45.3. The number of nitrogens with one attached hydrogen (secondary N) is 1. The van der Waals surface area contributed by atoms with Crippen LogP contribution in [0.25, 0.3) is 17.2 Å².